The highest BCUT2D eigenvalue weighted by atomic mass is 19.1. The molecule has 1 amide bonds. The number of halogens is 1. The van der Waals surface area contributed by atoms with Crippen LogP contribution >= 0.6 is 0 Å². The Kier molecular flexibility index (Phi) is 6.28. The van der Waals surface area contributed by atoms with Gasteiger partial charge in [0.15, 0.2) is 0 Å². The smallest absolute Gasteiger partial charge is 0.259 e. The summed E-state index contributed by atoms with van der Waals surface area (Å²) in [4.78, 5) is 14.9. The third-order valence-electron chi connectivity index (χ3n) is 5.69. The molecule has 1 aliphatic heterocycles. The third-order valence-corrected chi connectivity index (χ3v) is 5.69. The van der Waals surface area contributed by atoms with E-state index in [9.17, 15) is 9.18 Å². The van der Waals surface area contributed by atoms with Crippen molar-refractivity contribution < 1.29 is 13.9 Å². The molecule has 0 saturated carbocycles. The van der Waals surface area contributed by atoms with Gasteiger partial charge in [-0.05, 0) is 57.5 Å². The number of carbonyl (C=O) groups is 1. The summed E-state index contributed by atoms with van der Waals surface area (Å²) in [6, 6.07) is 12.8. The molecule has 0 bridgehead atoms. The molecule has 1 aromatic heterocycles. The van der Waals surface area contributed by atoms with Crippen molar-refractivity contribution in [3.8, 4) is 5.69 Å². The second-order valence-electron chi connectivity index (χ2n) is 8.39. The summed E-state index contributed by atoms with van der Waals surface area (Å²) in [5, 5.41) is 7.24. The largest absolute Gasteiger partial charge is 0.372 e. The maximum absolute atomic E-state index is 14.9. The van der Waals surface area contributed by atoms with E-state index in [1.807, 2.05) is 56.9 Å². The molecule has 1 N–H and O–H groups in total. The van der Waals surface area contributed by atoms with Crippen LogP contribution in [0.15, 0.2) is 48.7 Å². The van der Waals surface area contributed by atoms with Crippen molar-refractivity contribution in [1.29, 1.82) is 0 Å². The predicted octanol–water partition coefficient (Wildman–Crippen LogP) is 4.75. The van der Waals surface area contributed by atoms with E-state index in [-0.39, 0.29) is 23.9 Å². The number of morpholine rings is 1. The molecule has 2 aromatic carbocycles. The van der Waals surface area contributed by atoms with Gasteiger partial charge in [-0.25, -0.2) is 9.07 Å². The number of benzene rings is 2. The first-order chi connectivity index (χ1) is 15.4. The average Bonchev–Trinajstić information content (AvgIpc) is 3.18. The SMILES string of the molecule is CCc1c(C(=O)Nc2ccc(N3CC(C)OC(C)C3)c(F)c2)cnn1-c1ccc(C)cc1. The van der Waals surface area contributed by atoms with E-state index in [4.69, 9.17) is 4.74 Å². The van der Waals surface area contributed by atoms with Crippen molar-refractivity contribution in [2.45, 2.75) is 46.3 Å². The van der Waals surface area contributed by atoms with Gasteiger partial charge in [0.2, 0.25) is 0 Å². The number of amides is 1. The van der Waals surface area contributed by atoms with Gasteiger partial charge in [0.05, 0.1) is 41.0 Å². The van der Waals surface area contributed by atoms with E-state index in [1.165, 1.54) is 6.07 Å². The van der Waals surface area contributed by atoms with E-state index >= 15 is 0 Å². The molecule has 4 rings (SSSR count). The van der Waals surface area contributed by atoms with Crippen molar-refractivity contribution in [3.63, 3.8) is 0 Å². The van der Waals surface area contributed by atoms with Crippen LogP contribution in [0.4, 0.5) is 15.8 Å². The normalized spacial score (nSPS) is 18.6. The molecule has 1 saturated heterocycles. The van der Waals surface area contributed by atoms with Crippen molar-refractivity contribution in [1.82, 2.24) is 9.78 Å². The Hall–Kier alpha value is -3.19. The molecule has 168 valence electrons. The fraction of sp³-hybridized carbons (Fsp3) is 0.360. The zero-order chi connectivity index (χ0) is 22.8. The summed E-state index contributed by atoms with van der Waals surface area (Å²) in [5.41, 5.74) is 4.27. The Morgan fingerprint density at radius 1 is 1.16 bits per heavy atom. The molecule has 32 heavy (non-hydrogen) atoms. The van der Waals surface area contributed by atoms with Gasteiger partial charge in [-0.1, -0.05) is 24.6 Å². The number of nitrogens with one attached hydrogen (secondary N) is 1. The Bertz CT molecular complexity index is 1100. The average molecular weight is 437 g/mol. The molecule has 0 spiro atoms. The second-order valence-corrected chi connectivity index (χ2v) is 8.39. The minimum atomic E-state index is -0.366. The molecular formula is C25H29FN4O2. The molecule has 6 nitrogen and oxygen atoms in total. The lowest BCUT2D eigenvalue weighted by molar-refractivity contribution is -0.00539. The first kappa shape index (κ1) is 22.0. The molecule has 0 radical (unpaired) electrons. The van der Waals surface area contributed by atoms with Crippen LogP contribution in [0.1, 0.15) is 42.4 Å². The molecule has 7 heteroatoms. The number of carbonyl (C=O) groups excluding carboxylic acids is 1. The number of aryl methyl sites for hydroxylation is 1. The monoisotopic (exact) mass is 436 g/mol. The van der Waals surface area contributed by atoms with Crippen molar-refractivity contribution >= 4 is 17.3 Å². The lowest BCUT2D eigenvalue weighted by Crippen LogP contribution is -2.45. The second kappa shape index (κ2) is 9.12. The van der Waals surface area contributed by atoms with Crippen LogP contribution in [-0.2, 0) is 11.2 Å². The van der Waals surface area contributed by atoms with Crippen LogP contribution in [0.2, 0.25) is 0 Å². The van der Waals surface area contributed by atoms with Gasteiger partial charge >= 0.3 is 0 Å². The quantitative estimate of drug-likeness (QED) is 0.627. The van der Waals surface area contributed by atoms with E-state index in [0.29, 0.717) is 36.4 Å². The molecule has 2 unspecified atom stereocenters. The summed E-state index contributed by atoms with van der Waals surface area (Å²) < 4.78 is 22.4. The number of hydrogen-bond donors (Lipinski definition) is 1. The maximum atomic E-state index is 14.9. The van der Waals surface area contributed by atoms with Gasteiger partial charge in [-0.15, -0.1) is 0 Å². The predicted molar refractivity (Wildman–Crippen MR) is 124 cm³/mol. The van der Waals surface area contributed by atoms with Crippen LogP contribution in [0, 0.1) is 12.7 Å². The Morgan fingerprint density at radius 3 is 2.47 bits per heavy atom. The van der Waals surface area contributed by atoms with E-state index in [1.54, 1.807) is 23.0 Å². The Morgan fingerprint density at radius 2 is 1.84 bits per heavy atom. The van der Waals surface area contributed by atoms with E-state index in [2.05, 4.69) is 10.4 Å². The van der Waals surface area contributed by atoms with Crippen LogP contribution in [0.25, 0.3) is 5.69 Å². The highest BCUT2D eigenvalue weighted by Gasteiger charge is 2.24. The number of hydrogen-bond acceptors (Lipinski definition) is 4. The topological polar surface area (TPSA) is 59.4 Å². The fourth-order valence-corrected chi connectivity index (χ4v) is 4.23. The highest BCUT2D eigenvalue weighted by molar-refractivity contribution is 6.05. The van der Waals surface area contributed by atoms with Crippen LogP contribution < -0.4 is 10.2 Å². The van der Waals surface area contributed by atoms with Crippen LogP contribution in [0.5, 0.6) is 0 Å². The Balaban J connectivity index is 1.53. The highest BCUT2D eigenvalue weighted by Crippen LogP contribution is 2.27. The summed E-state index contributed by atoms with van der Waals surface area (Å²) >= 11 is 0. The first-order valence-electron chi connectivity index (χ1n) is 11.0. The Labute approximate surface area is 188 Å². The van der Waals surface area contributed by atoms with Crippen LogP contribution in [-0.4, -0.2) is 41.0 Å². The summed E-state index contributed by atoms with van der Waals surface area (Å²) in [5.74, 6) is -0.670. The lowest BCUT2D eigenvalue weighted by Gasteiger charge is -2.37. The number of ether oxygens (including phenoxy) is 1. The summed E-state index contributed by atoms with van der Waals surface area (Å²) in [7, 11) is 0. The van der Waals surface area contributed by atoms with Crippen molar-refractivity contribution in [3.05, 3.63) is 71.3 Å². The fourth-order valence-electron chi connectivity index (χ4n) is 4.23. The van der Waals surface area contributed by atoms with Crippen LogP contribution in [0.3, 0.4) is 0 Å². The third kappa shape index (κ3) is 4.53. The van der Waals surface area contributed by atoms with Gasteiger partial charge in [0, 0.05) is 18.8 Å². The number of rotatable bonds is 5. The molecule has 3 aromatic rings. The first-order valence-corrected chi connectivity index (χ1v) is 11.0. The zero-order valence-corrected chi connectivity index (χ0v) is 18.9. The maximum Gasteiger partial charge on any atom is 0.259 e. The van der Waals surface area contributed by atoms with E-state index in [0.717, 1.165) is 16.9 Å². The molecule has 1 fully saturated rings. The lowest BCUT2D eigenvalue weighted by atomic mass is 10.1. The number of aromatic nitrogens is 2. The summed E-state index contributed by atoms with van der Waals surface area (Å²) in [6.45, 7) is 9.24. The standard InChI is InChI=1S/C25H29FN4O2/c1-5-23-21(13-27-30(23)20-9-6-16(2)7-10-20)25(31)28-19-8-11-24(22(26)12-19)29-14-17(3)32-18(4)15-29/h6-13,17-18H,5,14-15H2,1-4H3,(H,28,31). The minimum Gasteiger partial charge on any atom is -0.372 e. The molecule has 0 aliphatic carbocycles. The van der Waals surface area contributed by atoms with Gasteiger partial charge in [0.1, 0.15) is 5.82 Å². The van der Waals surface area contributed by atoms with E-state index < -0.39 is 0 Å². The zero-order valence-electron chi connectivity index (χ0n) is 18.9. The van der Waals surface area contributed by atoms with Crippen molar-refractivity contribution in [2.75, 3.05) is 23.3 Å². The number of anilines is 2. The van der Waals surface area contributed by atoms with Gasteiger partial charge in [-0.2, -0.15) is 5.10 Å². The van der Waals surface area contributed by atoms with Gasteiger partial charge in [-0.3, -0.25) is 4.79 Å². The van der Waals surface area contributed by atoms with Crippen molar-refractivity contribution in [2.24, 2.45) is 0 Å². The molecular weight excluding hydrogens is 407 g/mol. The number of nitrogens with zero attached hydrogens (tertiary/aromatic N) is 3. The van der Waals surface area contributed by atoms with Gasteiger partial charge < -0.3 is 15.0 Å². The van der Waals surface area contributed by atoms with Gasteiger partial charge in [0.25, 0.3) is 5.91 Å². The minimum absolute atomic E-state index is 0.0371. The molecule has 2 heterocycles. The summed E-state index contributed by atoms with van der Waals surface area (Å²) in [6.07, 6.45) is 2.28. The molecule has 1 aliphatic rings. The molecule has 2 atom stereocenters.